The van der Waals surface area contributed by atoms with Crippen molar-refractivity contribution in [3.05, 3.63) is 29.3 Å². The predicted molar refractivity (Wildman–Crippen MR) is 70.6 cm³/mol. The summed E-state index contributed by atoms with van der Waals surface area (Å²) in [5, 5.41) is 8.87. The Morgan fingerprint density at radius 2 is 2.00 bits per heavy atom. The highest BCUT2D eigenvalue weighted by Gasteiger charge is 2.48. The molecule has 0 bridgehead atoms. The quantitative estimate of drug-likeness (QED) is 0.829. The van der Waals surface area contributed by atoms with Gasteiger partial charge in [0.1, 0.15) is 5.75 Å². The van der Waals surface area contributed by atoms with Crippen LogP contribution in [-0.2, 0) is 4.79 Å². The molecule has 2 rings (SSSR count). The van der Waals surface area contributed by atoms with Crippen molar-refractivity contribution < 1.29 is 19.4 Å². The van der Waals surface area contributed by atoms with E-state index >= 15 is 0 Å². The lowest BCUT2D eigenvalue weighted by atomic mass is 9.96. The van der Waals surface area contributed by atoms with Gasteiger partial charge in [0.05, 0.1) is 13.0 Å². The van der Waals surface area contributed by atoms with Gasteiger partial charge in [0.15, 0.2) is 5.78 Å². The van der Waals surface area contributed by atoms with Crippen molar-refractivity contribution in [3.8, 4) is 5.75 Å². The number of hydrogen-bond acceptors (Lipinski definition) is 3. The molecule has 1 aromatic rings. The molecular weight excluding hydrogens is 244 g/mol. The highest BCUT2D eigenvalue weighted by Crippen LogP contribution is 2.41. The number of carbonyl (C=O) groups is 2. The molecular formula is C15H18O4. The zero-order chi connectivity index (χ0) is 14.2. The number of Topliss-reactive ketones (excluding diaryl/α,β-unsaturated/α-hetero) is 1. The topological polar surface area (TPSA) is 63.6 Å². The van der Waals surface area contributed by atoms with E-state index in [-0.39, 0.29) is 17.6 Å². The SMILES string of the molecule is COc1ccc(C(=O)C2CC2C(=O)O)cc1C(C)C. The van der Waals surface area contributed by atoms with Crippen molar-refractivity contribution in [2.24, 2.45) is 11.8 Å². The number of benzene rings is 1. The van der Waals surface area contributed by atoms with Crippen LogP contribution < -0.4 is 4.74 Å². The third kappa shape index (κ3) is 2.62. The van der Waals surface area contributed by atoms with Crippen LogP contribution in [0.3, 0.4) is 0 Å². The molecule has 2 unspecified atom stereocenters. The van der Waals surface area contributed by atoms with E-state index < -0.39 is 11.9 Å². The molecule has 102 valence electrons. The Balaban J connectivity index is 2.24. The van der Waals surface area contributed by atoms with Gasteiger partial charge in [-0.05, 0) is 36.1 Å². The average Bonchev–Trinajstić information content (AvgIpc) is 3.17. The van der Waals surface area contributed by atoms with E-state index in [0.717, 1.165) is 11.3 Å². The summed E-state index contributed by atoms with van der Waals surface area (Å²) >= 11 is 0. The number of carboxylic acid groups (broad SMARTS) is 1. The second-order valence-corrected chi connectivity index (χ2v) is 5.26. The second kappa shape index (κ2) is 5.03. The molecule has 19 heavy (non-hydrogen) atoms. The summed E-state index contributed by atoms with van der Waals surface area (Å²) in [6.45, 7) is 4.06. The molecule has 1 aliphatic rings. The number of carboxylic acids is 1. The van der Waals surface area contributed by atoms with Crippen molar-refractivity contribution in [1.29, 1.82) is 0 Å². The number of ketones is 1. The number of ether oxygens (including phenoxy) is 1. The summed E-state index contributed by atoms with van der Waals surface area (Å²) in [4.78, 5) is 23.0. The summed E-state index contributed by atoms with van der Waals surface area (Å²) in [6.07, 6.45) is 0.456. The van der Waals surface area contributed by atoms with Crippen LogP contribution in [0, 0.1) is 11.8 Å². The molecule has 0 aromatic heterocycles. The van der Waals surface area contributed by atoms with Crippen LogP contribution in [0.25, 0.3) is 0 Å². The van der Waals surface area contributed by atoms with Gasteiger partial charge in [-0.15, -0.1) is 0 Å². The summed E-state index contributed by atoms with van der Waals surface area (Å²) in [5.74, 6) is -0.801. The van der Waals surface area contributed by atoms with Gasteiger partial charge in [-0.3, -0.25) is 9.59 Å². The fourth-order valence-corrected chi connectivity index (χ4v) is 2.31. The maximum atomic E-state index is 12.2. The van der Waals surface area contributed by atoms with E-state index in [1.807, 2.05) is 19.9 Å². The number of aliphatic carboxylic acids is 1. The van der Waals surface area contributed by atoms with Crippen molar-refractivity contribution in [2.75, 3.05) is 7.11 Å². The third-order valence-corrected chi connectivity index (χ3v) is 3.58. The average molecular weight is 262 g/mol. The van der Waals surface area contributed by atoms with Crippen molar-refractivity contribution >= 4 is 11.8 Å². The van der Waals surface area contributed by atoms with Crippen LogP contribution >= 0.6 is 0 Å². The van der Waals surface area contributed by atoms with Crippen LogP contribution in [-0.4, -0.2) is 24.0 Å². The number of rotatable bonds is 5. The fourth-order valence-electron chi connectivity index (χ4n) is 2.31. The third-order valence-electron chi connectivity index (χ3n) is 3.58. The van der Waals surface area contributed by atoms with Crippen LogP contribution in [0.1, 0.15) is 42.1 Å². The lowest BCUT2D eigenvalue weighted by Gasteiger charge is -2.13. The van der Waals surface area contributed by atoms with Crippen LogP contribution in [0.4, 0.5) is 0 Å². The van der Waals surface area contributed by atoms with Gasteiger partial charge < -0.3 is 9.84 Å². The Kier molecular flexibility index (Phi) is 3.60. The minimum Gasteiger partial charge on any atom is -0.496 e. The Morgan fingerprint density at radius 1 is 1.32 bits per heavy atom. The first-order chi connectivity index (χ1) is 8.95. The first-order valence-corrected chi connectivity index (χ1v) is 6.40. The first kappa shape index (κ1) is 13.6. The molecule has 1 N–H and O–H groups in total. The van der Waals surface area contributed by atoms with E-state index in [1.54, 1.807) is 19.2 Å². The lowest BCUT2D eigenvalue weighted by Crippen LogP contribution is -2.09. The Morgan fingerprint density at radius 3 is 2.47 bits per heavy atom. The standard InChI is InChI=1S/C15H18O4/c1-8(2)10-6-9(4-5-13(10)19-3)14(16)11-7-12(11)15(17)18/h4-6,8,11-12H,7H2,1-3H3,(H,17,18). The smallest absolute Gasteiger partial charge is 0.307 e. The van der Waals surface area contributed by atoms with E-state index in [4.69, 9.17) is 9.84 Å². The molecule has 0 radical (unpaired) electrons. The van der Waals surface area contributed by atoms with Gasteiger partial charge >= 0.3 is 5.97 Å². The fraction of sp³-hybridized carbons (Fsp3) is 0.467. The maximum absolute atomic E-state index is 12.2. The van der Waals surface area contributed by atoms with Crippen molar-refractivity contribution in [3.63, 3.8) is 0 Å². The van der Waals surface area contributed by atoms with Gasteiger partial charge in [-0.25, -0.2) is 0 Å². The maximum Gasteiger partial charge on any atom is 0.307 e. The monoisotopic (exact) mass is 262 g/mol. The van der Waals surface area contributed by atoms with Crippen LogP contribution in [0.2, 0.25) is 0 Å². The Bertz CT molecular complexity index is 519. The van der Waals surface area contributed by atoms with E-state index in [0.29, 0.717) is 12.0 Å². The predicted octanol–water partition coefficient (Wildman–Crippen LogP) is 2.72. The van der Waals surface area contributed by atoms with E-state index in [1.165, 1.54) is 0 Å². The summed E-state index contributed by atoms with van der Waals surface area (Å²) < 4.78 is 5.27. The van der Waals surface area contributed by atoms with Crippen LogP contribution in [0.5, 0.6) is 5.75 Å². The number of methoxy groups -OCH3 is 1. The second-order valence-electron chi connectivity index (χ2n) is 5.26. The molecule has 2 atom stereocenters. The minimum absolute atomic E-state index is 0.0723. The lowest BCUT2D eigenvalue weighted by molar-refractivity contribution is -0.138. The summed E-state index contributed by atoms with van der Waals surface area (Å²) in [7, 11) is 1.60. The zero-order valence-electron chi connectivity index (χ0n) is 11.3. The highest BCUT2D eigenvalue weighted by molar-refractivity contribution is 6.02. The normalized spacial score (nSPS) is 21.3. The van der Waals surface area contributed by atoms with Crippen LogP contribution in [0.15, 0.2) is 18.2 Å². The van der Waals surface area contributed by atoms with E-state index in [9.17, 15) is 9.59 Å². The molecule has 1 saturated carbocycles. The number of carbonyl (C=O) groups excluding carboxylic acids is 1. The molecule has 1 fully saturated rings. The highest BCUT2D eigenvalue weighted by atomic mass is 16.5. The summed E-state index contributed by atoms with van der Waals surface area (Å²) in [6, 6.07) is 5.31. The molecule has 1 aliphatic carbocycles. The first-order valence-electron chi connectivity index (χ1n) is 6.40. The van der Waals surface area contributed by atoms with Gasteiger partial charge in [-0.1, -0.05) is 13.8 Å². The zero-order valence-corrected chi connectivity index (χ0v) is 11.3. The molecule has 0 aliphatic heterocycles. The largest absolute Gasteiger partial charge is 0.496 e. The van der Waals surface area contributed by atoms with Gasteiger partial charge in [0, 0.05) is 11.5 Å². The summed E-state index contributed by atoms with van der Waals surface area (Å²) in [5.41, 5.74) is 1.55. The molecule has 4 heteroatoms. The molecule has 1 aromatic carbocycles. The molecule has 4 nitrogen and oxygen atoms in total. The molecule has 0 heterocycles. The minimum atomic E-state index is -0.879. The van der Waals surface area contributed by atoms with Crippen molar-refractivity contribution in [2.45, 2.75) is 26.2 Å². The Hall–Kier alpha value is -1.84. The number of hydrogen-bond donors (Lipinski definition) is 1. The van der Waals surface area contributed by atoms with E-state index in [2.05, 4.69) is 0 Å². The molecule has 0 saturated heterocycles. The van der Waals surface area contributed by atoms with Gasteiger partial charge in [-0.2, -0.15) is 0 Å². The Labute approximate surface area is 112 Å². The molecule has 0 spiro atoms. The van der Waals surface area contributed by atoms with Gasteiger partial charge in [0.25, 0.3) is 0 Å². The van der Waals surface area contributed by atoms with Crippen molar-refractivity contribution in [1.82, 2.24) is 0 Å². The molecule has 0 amide bonds. The van der Waals surface area contributed by atoms with Gasteiger partial charge in [0.2, 0.25) is 0 Å².